The lowest BCUT2D eigenvalue weighted by atomic mass is 10.2. The van der Waals surface area contributed by atoms with E-state index in [0.717, 1.165) is 11.1 Å². The fraction of sp³-hybridized carbons (Fsp3) is 0.167. The van der Waals surface area contributed by atoms with Gasteiger partial charge in [0, 0.05) is 5.57 Å². The molecule has 0 rings (SSSR count). The highest BCUT2D eigenvalue weighted by atomic mass is 13.9. The third-order valence-electron chi connectivity index (χ3n) is 1.25. The Balaban J connectivity index is 4.57. The van der Waals surface area contributed by atoms with Crippen LogP contribution in [0.25, 0.3) is 0 Å². The van der Waals surface area contributed by atoms with Crippen molar-refractivity contribution in [1.29, 1.82) is 0 Å². The average molecular weight is 156 g/mol. The summed E-state index contributed by atoms with van der Waals surface area (Å²) < 4.78 is 0. The third kappa shape index (κ3) is 4.20. The number of hydrogen-bond acceptors (Lipinski definition) is 0. The molecule has 0 fully saturated rings. The molecule has 0 aromatic carbocycles. The quantitative estimate of drug-likeness (QED) is 0.426. The van der Waals surface area contributed by atoms with Crippen LogP contribution in [0.15, 0.2) is 35.5 Å². The van der Waals surface area contributed by atoms with Gasteiger partial charge in [-0.3, -0.25) is 0 Å². The summed E-state index contributed by atoms with van der Waals surface area (Å²) in [5.41, 5.74) is 1.69. The van der Waals surface area contributed by atoms with Crippen LogP contribution in [0.1, 0.15) is 13.8 Å². The molecule has 60 valence electrons. The molecule has 0 aromatic rings. The first-order valence-corrected chi connectivity index (χ1v) is 3.69. The molecule has 0 aliphatic rings. The summed E-state index contributed by atoms with van der Waals surface area (Å²) in [7, 11) is 0. The molecule has 0 N–H and O–H groups in total. The predicted octanol–water partition coefficient (Wildman–Crippen LogP) is 2.70. The fourth-order valence-corrected chi connectivity index (χ4v) is 0.594. The SMILES string of the molecule is C#C/C(C)=C/C=C(C#C)\C=C/C. The van der Waals surface area contributed by atoms with E-state index in [2.05, 4.69) is 11.8 Å². The second-order valence-electron chi connectivity index (χ2n) is 2.26. The van der Waals surface area contributed by atoms with Gasteiger partial charge >= 0.3 is 0 Å². The van der Waals surface area contributed by atoms with Crippen LogP contribution in [0.2, 0.25) is 0 Å². The highest BCUT2D eigenvalue weighted by Gasteiger charge is 1.81. The van der Waals surface area contributed by atoms with Gasteiger partial charge in [0.25, 0.3) is 0 Å². The number of allylic oxidation sites excluding steroid dienone is 6. The Morgan fingerprint density at radius 3 is 2.25 bits per heavy atom. The molecular formula is C12H12. The summed E-state index contributed by atoms with van der Waals surface area (Å²) in [6.45, 7) is 3.78. The van der Waals surface area contributed by atoms with E-state index in [9.17, 15) is 0 Å². The topological polar surface area (TPSA) is 0 Å². The summed E-state index contributed by atoms with van der Waals surface area (Å²) >= 11 is 0. The normalized spacial score (nSPS) is 12.7. The Bertz CT molecular complexity index is 298. The molecule has 0 spiro atoms. The Labute approximate surface area is 74.7 Å². The van der Waals surface area contributed by atoms with E-state index in [-0.39, 0.29) is 0 Å². The summed E-state index contributed by atoms with van der Waals surface area (Å²) in [6.07, 6.45) is 17.8. The van der Waals surface area contributed by atoms with Gasteiger partial charge in [-0.2, -0.15) is 0 Å². The highest BCUT2D eigenvalue weighted by Crippen LogP contribution is 1.97. The first-order valence-electron chi connectivity index (χ1n) is 3.69. The maximum atomic E-state index is 5.24. The van der Waals surface area contributed by atoms with Gasteiger partial charge in [-0.1, -0.05) is 24.0 Å². The van der Waals surface area contributed by atoms with Crippen LogP contribution >= 0.6 is 0 Å². The lowest BCUT2D eigenvalue weighted by Gasteiger charge is -1.86. The number of rotatable bonds is 2. The molecule has 0 amide bonds. The van der Waals surface area contributed by atoms with Crippen LogP contribution in [0, 0.1) is 24.7 Å². The van der Waals surface area contributed by atoms with Crippen LogP contribution in [0.4, 0.5) is 0 Å². The average Bonchev–Trinajstić information content (AvgIpc) is 2.11. The van der Waals surface area contributed by atoms with Crippen molar-refractivity contribution in [2.45, 2.75) is 13.8 Å². The van der Waals surface area contributed by atoms with Crippen LogP contribution in [-0.2, 0) is 0 Å². The minimum atomic E-state index is 0.826. The molecule has 0 bridgehead atoms. The molecule has 0 aliphatic heterocycles. The maximum absolute atomic E-state index is 5.24. The summed E-state index contributed by atoms with van der Waals surface area (Å²) in [5.74, 6) is 5.05. The lowest BCUT2D eigenvalue weighted by molar-refractivity contribution is 1.57. The molecular weight excluding hydrogens is 144 g/mol. The molecule has 0 atom stereocenters. The minimum absolute atomic E-state index is 0.826. The second kappa shape index (κ2) is 6.08. The van der Waals surface area contributed by atoms with E-state index in [1.807, 2.05) is 38.2 Å². The van der Waals surface area contributed by atoms with E-state index in [4.69, 9.17) is 12.8 Å². The van der Waals surface area contributed by atoms with Crippen molar-refractivity contribution in [3.05, 3.63) is 35.5 Å². The van der Waals surface area contributed by atoms with Crippen molar-refractivity contribution < 1.29 is 0 Å². The first-order chi connectivity index (χ1) is 5.74. The van der Waals surface area contributed by atoms with E-state index in [0.29, 0.717) is 0 Å². The van der Waals surface area contributed by atoms with E-state index < -0.39 is 0 Å². The van der Waals surface area contributed by atoms with E-state index in [1.165, 1.54) is 0 Å². The van der Waals surface area contributed by atoms with Gasteiger partial charge in [0.2, 0.25) is 0 Å². The lowest BCUT2D eigenvalue weighted by Crippen LogP contribution is -1.70. The zero-order valence-corrected chi connectivity index (χ0v) is 7.46. The van der Waals surface area contributed by atoms with E-state index in [1.54, 1.807) is 0 Å². The summed E-state index contributed by atoms with van der Waals surface area (Å²) in [4.78, 5) is 0. The van der Waals surface area contributed by atoms with Gasteiger partial charge in [-0.05, 0) is 31.6 Å². The molecule has 0 unspecified atom stereocenters. The van der Waals surface area contributed by atoms with Crippen molar-refractivity contribution >= 4 is 0 Å². The zero-order chi connectivity index (χ0) is 9.40. The smallest absolute Gasteiger partial charge is 0.0239 e. The minimum Gasteiger partial charge on any atom is -0.115 e. The maximum Gasteiger partial charge on any atom is 0.0239 e. The predicted molar refractivity (Wildman–Crippen MR) is 54.3 cm³/mol. The number of terminal acetylenes is 2. The van der Waals surface area contributed by atoms with Gasteiger partial charge in [0.15, 0.2) is 0 Å². The molecule has 0 heterocycles. The fourth-order valence-electron chi connectivity index (χ4n) is 0.594. The van der Waals surface area contributed by atoms with Crippen molar-refractivity contribution in [2.75, 3.05) is 0 Å². The highest BCUT2D eigenvalue weighted by molar-refractivity contribution is 5.40. The van der Waals surface area contributed by atoms with Gasteiger partial charge in [0.05, 0.1) is 0 Å². The van der Waals surface area contributed by atoms with Gasteiger partial charge in [-0.15, -0.1) is 12.8 Å². The molecule has 12 heavy (non-hydrogen) atoms. The van der Waals surface area contributed by atoms with E-state index >= 15 is 0 Å². The van der Waals surface area contributed by atoms with Crippen LogP contribution in [-0.4, -0.2) is 0 Å². The van der Waals surface area contributed by atoms with Gasteiger partial charge in [-0.25, -0.2) is 0 Å². The Morgan fingerprint density at radius 1 is 1.17 bits per heavy atom. The molecule has 0 aromatic heterocycles. The van der Waals surface area contributed by atoms with Crippen molar-refractivity contribution in [1.82, 2.24) is 0 Å². The summed E-state index contributed by atoms with van der Waals surface area (Å²) in [5, 5.41) is 0. The Kier molecular flexibility index (Phi) is 5.24. The largest absolute Gasteiger partial charge is 0.115 e. The third-order valence-corrected chi connectivity index (χ3v) is 1.25. The Morgan fingerprint density at radius 2 is 1.83 bits per heavy atom. The monoisotopic (exact) mass is 156 g/mol. The van der Waals surface area contributed by atoms with Crippen molar-refractivity contribution in [3.63, 3.8) is 0 Å². The van der Waals surface area contributed by atoms with Crippen LogP contribution < -0.4 is 0 Å². The van der Waals surface area contributed by atoms with Crippen LogP contribution in [0.5, 0.6) is 0 Å². The summed E-state index contributed by atoms with van der Waals surface area (Å²) in [6, 6.07) is 0. The number of hydrogen-bond donors (Lipinski definition) is 0. The molecule has 0 aliphatic carbocycles. The van der Waals surface area contributed by atoms with Gasteiger partial charge < -0.3 is 0 Å². The van der Waals surface area contributed by atoms with Crippen molar-refractivity contribution in [2.24, 2.45) is 0 Å². The van der Waals surface area contributed by atoms with Crippen molar-refractivity contribution in [3.8, 4) is 24.7 Å². The second-order valence-corrected chi connectivity index (χ2v) is 2.26. The molecule has 0 nitrogen and oxygen atoms in total. The zero-order valence-electron chi connectivity index (χ0n) is 7.46. The molecule has 0 saturated carbocycles. The molecule has 0 radical (unpaired) electrons. The molecule has 0 saturated heterocycles. The first kappa shape index (κ1) is 10.3. The van der Waals surface area contributed by atoms with Crippen LogP contribution in [0.3, 0.4) is 0 Å². The standard InChI is InChI=1S/C12H12/c1-5-8-12(7-3)10-9-11(4)6-2/h2-3,5,8-10H,1,4H3/b8-5-,11-9+,12-10-. The Hall–Kier alpha value is -1.66. The molecule has 0 heteroatoms. The van der Waals surface area contributed by atoms with Gasteiger partial charge in [0.1, 0.15) is 0 Å².